The number of ether oxygens (including phenoxy) is 2. The van der Waals surface area contributed by atoms with E-state index in [0.29, 0.717) is 36.2 Å². The molecule has 9 heteroatoms. The lowest BCUT2D eigenvalue weighted by molar-refractivity contribution is -0.116. The molecule has 0 saturated carbocycles. The van der Waals surface area contributed by atoms with E-state index in [4.69, 9.17) is 14.0 Å². The second kappa shape index (κ2) is 8.02. The molecule has 29 heavy (non-hydrogen) atoms. The highest BCUT2D eigenvalue weighted by molar-refractivity contribution is 5.99. The predicted molar refractivity (Wildman–Crippen MR) is 106 cm³/mol. The van der Waals surface area contributed by atoms with Gasteiger partial charge in [0.15, 0.2) is 11.5 Å². The molecule has 3 amide bonds. The highest BCUT2D eigenvalue weighted by Gasteiger charge is 2.32. The van der Waals surface area contributed by atoms with Crippen molar-refractivity contribution in [2.45, 2.75) is 25.7 Å². The van der Waals surface area contributed by atoms with Gasteiger partial charge in [-0.1, -0.05) is 5.16 Å². The maximum absolute atomic E-state index is 12.8. The SMILES string of the molecule is COc1ccc(N2CCN(CC(=O)Nc3onc4c3CCCC4)C2=O)cc1OC. The van der Waals surface area contributed by atoms with Crippen molar-refractivity contribution in [3.63, 3.8) is 0 Å². The number of hydrogen-bond acceptors (Lipinski definition) is 6. The minimum absolute atomic E-state index is 0.0436. The van der Waals surface area contributed by atoms with E-state index in [-0.39, 0.29) is 18.5 Å². The molecule has 1 fully saturated rings. The van der Waals surface area contributed by atoms with E-state index >= 15 is 0 Å². The van der Waals surface area contributed by atoms with E-state index in [1.54, 1.807) is 37.3 Å². The van der Waals surface area contributed by atoms with Gasteiger partial charge in [-0.2, -0.15) is 0 Å². The number of benzene rings is 1. The van der Waals surface area contributed by atoms with Crippen LogP contribution in [0.5, 0.6) is 11.5 Å². The lowest BCUT2D eigenvalue weighted by Crippen LogP contribution is -2.37. The monoisotopic (exact) mass is 400 g/mol. The summed E-state index contributed by atoms with van der Waals surface area (Å²) in [6, 6.07) is 5.07. The summed E-state index contributed by atoms with van der Waals surface area (Å²) in [5, 5.41) is 6.81. The number of anilines is 2. The first kappa shape index (κ1) is 19.1. The smallest absolute Gasteiger partial charge is 0.325 e. The lowest BCUT2D eigenvalue weighted by Gasteiger charge is -2.19. The molecule has 1 aliphatic carbocycles. The molecule has 0 atom stereocenters. The Morgan fingerprint density at radius 1 is 1.17 bits per heavy atom. The molecule has 0 unspecified atom stereocenters. The number of methoxy groups -OCH3 is 2. The summed E-state index contributed by atoms with van der Waals surface area (Å²) in [7, 11) is 3.11. The fourth-order valence-electron chi connectivity index (χ4n) is 3.79. The van der Waals surface area contributed by atoms with Crippen LogP contribution in [0.4, 0.5) is 16.4 Å². The van der Waals surface area contributed by atoms with Crippen LogP contribution in [-0.4, -0.2) is 55.8 Å². The van der Waals surface area contributed by atoms with Crippen LogP contribution in [0.15, 0.2) is 22.7 Å². The van der Waals surface area contributed by atoms with Crippen molar-refractivity contribution in [3.8, 4) is 11.5 Å². The van der Waals surface area contributed by atoms with Crippen molar-refractivity contribution >= 4 is 23.5 Å². The standard InChI is InChI=1S/C20H24N4O5/c1-27-16-8-7-13(11-17(16)28-2)24-10-9-23(20(24)26)12-18(25)21-19-14-5-3-4-6-15(14)22-29-19/h7-8,11H,3-6,9-10,12H2,1-2H3,(H,21,25). The molecule has 2 aliphatic rings. The number of urea groups is 1. The fourth-order valence-corrected chi connectivity index (χ4v) is 3.79. The predicted octanol–water partition coefficient (Wildman–Crippen LogP) is 2.45. The van der Waals surface area contributed by atoms with E-state index in [1.807, 2.05) is 0 Å². The summed E-state index contributed by atoms with van der Waals surface area (Å²) in [6.07, 6.45) is 3.87. The average molecular weight is 400 g/mol. The number of nitrogens with zero attached hydrogens (tertiary/aromatic N) is 3. The van der Waals surface area contributed by atoms with Gasteiger partial charge in [0.2, 0.25) is 11.8 Å². The van der Waals surface area contributed by atoms with E-state index in [1.165, 1.54) is 4.90 Å². The number of carbonyl (C=O) groups excluding carboxylic acids is 2. The molecule has 1 aliphatic heterocycles. The third-order valence-corrected chi connectivity index (χ3v) is 5.32. The van der Waals surface area contributed by atoms with Crippen LogP contribution in [0, 0.1) is 0 Å². The van der Waals surface area contributed by atoms with Gasteiger partial charge in [-0.3, -0.25) is 15.0 Å². The summed E-state index contributed by atoms with van der Waals surface area (Å²) in [5.41, 5.74) is 2.59. The van der Waals surface area contributed by atoms with Gasteiger partial charge in [-0.25, -0.2) is 4.79 Å². The first-order valence-corrected chi connectivity index (χ1v) is 9.66. The number of fused-ring (bicyclic) bond motifs is 1. The number of rotatable bonds is 6. The molecule has 0 bridgehead atoms. The van der Waals surface area contributed by atoms with Crippen molar-refractivity contribution in [3.05, 3.63) is 29.5 Å². The summed E-state index contributed by atoms with van der Waals surface area (Å²) < 4.78 is 15.8. The van der Waals surface area contributed by atoms with Crippen molar-refractivity contribution in [1.82, 2.24) is 10.1 Å². The molecule has 1 N–H and O–H groups in total. The highest BCUT2D eigenvalue weighted by Crippen LogP contribution is 2.33. The molecule has 1 aromatic heterocycles. The van der Waals surface area contributed by atoms with Gasteiger partial charge < -0.3 is 18.9 Å². The maximum Gasteiger partial charge on any atom is 0.325 e. The molecular weight excluding hydrogens is 376 g/mol. The van der Waals surface area contributed by atoms with Gasteiger partial charge >= 0.3 is 6.03 Å². The number of hydrogen-bond donors (Lipinski definition) is 1. The van der Waals surface area contributed by atoms with Crippen LogP contribution < -0.4 is 19.7 Å². The van der Waals surface area contributed by atoms with Crippen LogP contribution in [0.3, 0.4) is 0 Å². The molecule has 4 rings (SSSR count). The molecule has 154 valence electrons. The summed E-state index contributed by atoms with van der Waals surface area (Å²) in [4.78, 5) is 28.4. The molecule has 0 spiro atoms. The first-order chi connectivity index (χ1) is 14.1. The second-order valence-corrected chi connectivity index (χ2v) is 7.09. The normalized spacial score (nSPS) is 16.0. The van der Waals surface area contributed by atoms with E-state index in [0.717, 1.165) is 36.9 Å². The Kier molecular flexibility index (Phi) is 5.28. The Labute approximate surface area is 168 Å². The zero-order valence-electron chi connectivity index (χ0n) is 16.6. The Hall–Kier alpha value is -3.23. The Balaban J connectivity index is 1.40. The van der Waals surface area contributed by atoms with Crippen LogP contribution >= 0.6 is 0 Å². The zero-order chi connectivity index (χ0) is 20.4. The quantitative estimate of drug-likeness (QED) is 0.800. The molecule has 1 aromatic carbocycles. The Morgan fingerprint density at radius 3 is 2.76 bits per heavy atom. The number of amides is 3. The lowest BCUT2D eigenvalue weighted by atomic mass is 9.98. The molecule has 1 saturated heterocycles. The third kappa shape index (κ3) is 3.72. The topological polar surface area (TPSA) is 97.1 Å². The van der Waals surface area contributed by atoms with Crippen LogP contribution in [0.2, 0.25) is 0 Å². The molecule has 0 radical (unpaired) electrons. The summed E-state index contributed by atoms with van der Waals surface area (Å²) in [6.45, 7) is 0.895. The van der Waals surface area contributed by atoms with Crippen molar-refractivity contribution in [2.24, 2.45) is 0 Å². The molecule has 2 aromatic rings. The minimum atomic E-state index is -0.294. The van der Waals surface area contributed by atoms with Gasteiger partial charge in [0.1, 0.15) is 6.54 Å². The van der Waals surface area contributed by atoms with Crippen LogP contribution in [0.25, 0.3) is 0 Å². The van der Waals surface area contributed by atoms with E-state index in [9.17, 15) is 9.59 Å². The van der Waals surface area contributed by atoms with Gasteiger partial charge in [0.25, 0.3) is 0 Å². The molecule has 9 nitrogen and oxygen atoms in total. The number of aromatic nitrogens is 1. The second-order valence-electron chi connectivity index (χ2n) is 7.09. The van der Waals surface area contributed by atoms with Gasteiger partial charge in [0, 0.05) is 30.4 Å². The number of carbonyl (C=O) groups is 2. The van der Waals surface area contributed by atoms with Crippen molar-refractivity contribution in [1.29, 1.82) is 0 Å². The zero-order valence-corrected chi connectivity index (χ0v) is 16.6. The minimum Gasteiger partial charge on any atom is -0.493 e. The summed E-state index contributed by atoms with van der Waals surface area (Å²) >= 11 is 0. The highest BCUT2D eigenvalue weighted by atomic mass is 16.5. The Morgan fingerprint density at radius 2 is 1.97 bits per heavy atom. The third-order valence-electron chi connectivity index (χ3n) is 5.32. The van der Waals surface area contributed by atoms with Crippen molar-refractivity contribution < 1.29 is 23.6 Å². The largest absolute Gasteiger partial charge is 0.493 e. The summed E-state index contributed by atoms with van der Waals surface area (Å²) in [5.74, 6) is 1.25. The fraction of sp³-hybridized carbons (Fsp3) is 0.450. The molecular formula is C20H24N4O5. The van der Waals surface area contributed by atoms with Crippen LogP contribution in [0.1, 0.15) is 24.1 Å². The molecule has 2 heterocycles. The van der Waals surface area contributed by atoms with Gasteiger partial charge in [-0.15, -0.1) is 0 Å². The van der Waals surface area contributed by atoms with Crippen LogP contribution in [-0.2, 0) is 17.6 Å². The maximum atomic E-state index is 12.8. The average Bonchev–Trinajstić information content (AvgIpc) is 3.31. The number of nitrogens with one attached hydrogen (secondary N) is 1. The van der Waals surface area contributed by atoms with Gasteiger partial charge in [0.05, 0.1) is 19.9 Å². The van der Waals surface area contributed by atoms with Gasteiger partial charge in [-0.05, 0) is 37.8 Å². The van der Waals surface area contributed by atoms with Crippen molar-refractivity contribution in [2.75, 3.05) is 44.1 Å². The van der Waals surface area contributed by atoms with E-state index in [2.05, 4.69) is 10.5 Å². The first-order valence-electron chi connectivity index (χ1n) is 9.66. The van der Waals surface area contributed by atoms with E-state index < -0.39 is 0 Å². The Bertz CT molecular complexity index is 926. The number of aryl methyl sites for hydroxylation is 1.